The Bertz CT molecular complexity index is 1170. The Kier molecular flexibility index (Phi) is 12.8. The highest BCUT2D eigenvalue weighted by atomic mass is 31.3. The van der Waals surface area contributed by atoms with Crippen molar-refractivity contribution in [1.29, 1.82) is 0 Å². The zero-order chi connectivity index (χ0) is 31.9. The Morgan fingerprint density at radius 3 is 0.975 bits per heavy atom. The first-order valence-electron chi connectivity index (χ1n) is 8.78. The Morgan fingerprint density at radius 2 is 0.725 bits per heavy atom. The van der Waals surface area contributed by atoms with Crippen LogP contribution in [0.25, 0.3) is 0 Å². The van der Waals surface area contributed by atoms with Gasteiger partial charge in [-0.15, -0.1) is 0 Å². The Balaban J connectivity index is 3.73. The highest BCUT2D eigenvalue weighted by molar-refractivity contribution is 7.64. The van der Waals surface area contributed by atoms with Gasteiger partial charge in [0.15, 0.2) is 0 Å². The van der Waals surface area contributed by atoms with E-state index in [1.165, 1.54) is 0 Å². The van der Waals surface area contributed by atoms with Gasteiger partial charge in [-0.3, -0.25) is 18.1 Å². The van der Waals surface area contributed by atoms with E-state index in [-0.39, 0.29) is 0 Å². The number of hydrogen-bond acceptors (Lipinski definition) is 18. The predicted molar refractivity (Wildman–Crippen MR) is 114 cm³/mol. The Labute approximate surface area is 219 Å². The average molecular weight is 741 g/mol. The van der Waals surface area contributed by atoms with Crippen LogP contribution in [0.2, 0.25) is 0 Å². The van der Waals surface area contributed by atoms with Gasteiger partial charge in [0, 0.05) is 0 Å². The first-order chi connectivity index (χ1) is 17.3. The van der Waals surface area contributed by atoms with E-state index < -0.39 is 91.7 Å². The molecule has 0 saturated heterocycles. The van der Waals surface area contributed by atoms with Crippen LogP contribution in [0.5, 0.6) is 0 Å². The maximum Gasteiger partial charge on any atom is 0.577 e. The Hall–Kier alpha value is 0.970. The summed E-state index contributed by atoms with van der Waals surface area (Å²) in [6.07, 6.45) is -18.9. The minimum absolute atomic E-state index is 3.07. The van der Waals surface area contributed by atoms with Crippen LogP contribution in [-0.2, 0) is 58.4 Å². The van der Waals surface area contributed by atoms with Gasteiger partial charge in [-0.25, -0.2) is 27.4 Å². The van der Waals surface area contributed by atoms with Gasteiger partial charge in [-0.05, 0) is 4.31 Å². The summed E-state index contributed by atoms with van der Waals surface area (Å²) in [6, 6.07) is 0. The van der Waals surface area contributed by atoms with Crippen molar-refractivity contribution in [1.82, 2.24) is 0 Å². The molecule has 0 spiro atoms. The van der Waals surface area contributed by atoms with Crippen LogP contribution < -0.4 is 0 Å². The Morgan fingerprint density at radius 1 is 0.450 bits per heavy atom. The van der Waals surface area contributed by atoms with Gasteiger partial charge in [0.1, 0.15) is 36.6 Å². The van der Waals surface area contributed by atoms with E-state index in [0.29, 0.717) is 0 Å². The minimum atomic E-state index is -6.27. The summed E-state index contributed by atoms with van der Waals surface area (Å²) in [4.78, 5) is 108. The third-order valence-electron chi connectivity index (χ3n) is 3.65. The van der Waals surface area contributed by atoms with E-state index >= 15 is 0 Å². The molecule has 9 atom stereocenters. The maximum atomic E-state index is 12.0. The standard InChI is InChI=1S/C6H19O27P7/c7-1-3(27-34(9,10)11)4(28-38(21,22)31-35(12,13)14)2(8)6(30-40(25,26)33-37(18,19)20)5(1)29-39(23,24)32-36(15,16)17/h1-8,12-14H,(H8-,9,10,11,15,16,17,18,19,20,21,22,23,24,25,26)/p+1/t1-,2-,3-,4-,5+,6-/m0/s1. The van der Waals surface area contributed by atoms with Crippen LogP contribution >= 0.6 is 55.1 Å². The van der Waals surface area contributed by atoms with Crippen LogP contribution in [0.15, 0.2) is 0 Å². The number of aliphatic hydroxyl groups excluding tert-OH is 2. The van der Waals surface area contributed by atoms with Crippen molar-refractivity contribution in [2.24, 2.45) is 0 Å². The fourth-order valence-electron chi connectivity index (χ4n) is 2.73. The number of rotatable bonds is 14. The summed E-state index contributed by atoms with van der Waals surface area (Å²) in [6.45, 7) is 0. The molecule has 1 rings (SSSR count). The predicted octanol–water partition coefficient (Wildman–Crippen LogP) is -3.45. The van der Waals surface area contributed by atoms with Gasteiger partial charge in [0.2, 0.25) is 0 Å². The SMILES string of the molecule is O=P(O)(O)O[C@H]1[C@H](O)[C@@H](OP(=O)(O)OP(=O)(O)O)[C@@H](OP(=O)(O)OP(=O)(O)O)[C@@H](O)[C@@H]1OP(=O)(O)O[P+](O)(O)O. The lowest BCUT2D eigenvalue weighted by molar-refractivity contribution is -0.208. The second kappa shape index (κ2) is 13.1. The van der Waals surface area contributed by atoms with Gasteiger partial charge < -0.3 is 54.3 Å². The lowest BCUT2D eigenvalue weighted by Crippen LogP contribution is -2.65. The third kappa shape index (κ3) is 14.2. The highest BCUT2D eigenvalue weighted by Crippen LogP contribution is 2.65. The van der Waals surface area contributed by atoms with Crippen molar-refractivity contribution in [2.45, 2.75) is 36.6 Å². The van der Waals surface area contributed by atoms with Crippen LogP contribution in [0.3, 0.4) is 0 Å². The molecule has 0 bridgehead atoms. The van der Waals surface area contributed by atoms with E-state index in [0.717, 1.165) is 0 Å². The second-order valence-electron chi connectivity index (χ2n) is 6.90. The van der Waals surface area contributed by atoms with Gasteiger partial charge in [0.25, 0.3) is 0 Å². The van der Waals surface area contributed by atoms with Crippen LogP contribution in [-0.4, -0.2) is 106 Å². The number of aliphatic hydroxyl groups is 2. The summed E-state index contributed by atoms with van der Waals surface area (Å²) < 4.78 is 96.1. The fraction of sp³-hybridized carbons (Fsp3) is 1.00. The summed E-state index contributed by atoms with van der Waals surface area (Å²) in [5.74, 6) is 0. The molecule has 34 heteroatoms. The van der Waals surface area contributed by atoms with Gasteiger partial charge in [-0.2, -0.15) is 23.3 Å². The largest absolute Gasteiger partial charge is 0.577 e. The van der Waals surface area contributed by atoms with E-state index in [4.69, 9.17) is 44.0 Å². The highest BCUT2D eigenvalue weighted by Gasteiger charge is 2.61. The van der Waals surface area contributed by atoms with Crippen molar-refractivity contribution in [3.8, 4) is 0 Å². The van der Waals surface area contributed by atoms with Crippen LogP contribution in [0.4, 0.5) is 0 Å². The van der Waals surface area contributed by atoms with Crippen molar-refractivity contribution in [2.75, 3.05) is 0 Å². The van der Waals surface area contributed by atoms with Gasteiger partial charge in [0.05, 0.1) is 0 Å². The summed E-state index contributed by atoms with van der Waals surface area (Å²) >= 11 is 0. The molecule has 240 valence electrons. The lowest BCUT2D eigenvalue weighted by atomic mass is 9.85. The molecule has 14 N–H and O–H groups in total. The molecule has 1 aliphatic rings. The molecular weight excluding hydrogens is 721 g/mol. The zero-order valence-corrected chi connectivity index (χ0v) is 24.4. The molecule has 1 fully saturated rings. The molecular formula is C6H20O27P7+. The molecule has 0 heterocycles. The minimum Gasteiger partial charge on any atom is -0.387 e. The van der Waals surface area contributed by atoms with Gasteiger partial charge >= 0.3 is 55.1 Å². The summed E-state index contributed by atoms with van der Waals surface area (Å²) in [7, 11) is -42.3. The molecule has 0 amide bonds. The molecule has 0 radical (unpaired) electrons. The van der Waals surface area contributed by atoms with Crippen molar-refractivity contribution in [3.63, 3.8) is 0 Å². The first kappa shape index (κ1) is 39.0. The average Bonchev–Trinajstić information content (AvgIpc) is 2.58. The molecule has 1 saturated carbocycles. The molecule has 1 aliphatic carbocycles. The smallest absolute Gasteiger partial charge is 0.387 e. The van der Waals surface area contributed by atoms with Crippen molar-refractivity contribution < 1.29 is 127 Å². The van der Waals surface area contributed by atoms with E-state index in [1.54, 1.807) is 0 Å². The number of phosphoric ester groups is 4. The second-order valence-corrected chi connectivity index (χ2v) is 16.5. The molecule has 0 aliphatic heterocycles. The molecule has 0 aromatic carbocycles. The third-order valence-corrected chi connectivity index (χ3v) is 10.8. The maximum absolute atomic E-state index is 12.0. The zero-order valence-electron chi connectivity index (χ0n) is 18.2. The topological polar surface area (TPSA) is 450 Å². The monoisotopic (exact) mass is 741 g/mol. The molecule has 40 heavy (non-hydrogen) atoms. The molecule has 27 nitrogen and oxygen atoms in total. The normalized spacial score (nSPS) is 31.6. The van der Waals surface area contributed by atoms with E-state index in [9.17, 15) is 52.3 Å². The number of hydrogen-bond donors (Lipinski definition) is 14. The summed E-state index contributed by atoms with van der Waals surface area (Å²) in [5.41, 5.74) is 0. The van der Waals surface area contributed by atoms with Crippen LogP contribution in [0.1, 0.15) is 0 Å². The van der Waals surface area contributed by atoms with E-state index in [1.807, 2.05) is 0 Å². The van der Waals surface area contributed by atoms with E-state index in [2.05, 4.69) is 31.0 Å². The van der Waals surface area contributed by atoms with Crippen LogP contribution in [0, 0.1) is 0 Å². The fourth-order valence-corrected chi connectivity index (χ4v) is 8.66. The lowest BCUT2D eigenvalue weighted by Gasteiger charge is -2.46. The quantitative estimate of drug-likeness (QED) is 0.0769. The van der Waals surface area contributed by atoms with Crippen molar-refractivity contribution in [3.05, 3.63) is 0 Å². The van der Waals surface area contributed by atoms with Crippen molar-refractivity contribution >= 4 is 55.1 Å². The molecule has 3 unspecified atom stereocenters. The summed E-state index contributed by atoms with van der Waals surface area (Å²) in [5, 5.41) is 21.1. The van der Waals surface area contributed by atoms with Gasteiger partial charge in [-0.1, -0.05) is 0 Å². The first-order valence-corrected chi connectivity index (χ1v) is 19.4. The molecule has 0 aromatic rings. The molecule has 0 aromatic heterocycles. The number of phosphoric acid groups is 6.